The van der Waals surface area contributed by atoms with Gasteiger partial charge in [-0.3, -0.25) is 0 Å². The fourth-order valence-electron chi connectivity index (χ4n) is 2.16. The van der Waals surface area contributed by atoms with Gasteiger partial charge in [0.2, 0.25) is 0 Å². The average molecular weight is 384 g/mol. The molecule has 21 heavy (non-hydrogen) atoms. The third-order valence-electron chi connectivity index (χ3n) is 3.12. The number of rotatable bonds is 2. The van der Waals surface area contributed by atoms with Gasteiger partial charge in [-0.1, -0.05) is 47.5 Å². The zero-order valence-corrected chi connectivity index (χ0v) is 14.0. The van der Waals surface area contributed by atoms with Gasteiger partial charge in [-0.05, 0) is 33.4 Å². The highest BCUT2D eigenvalue weighted by molar-refractivity contribution is 9.10. The fourth-order valence-corrected chi connectivity index (χ4v) is 2.72. The first-order valence-corrected chi connectivity index (χ1v) is 7.61. The fraction of sp³-hybridized carbons (Fsp3) is 0.0667. The Hall–Kier alpha value is -1.36. The lowest BCUT2D eigenvalue weighted by Gasteiger charge is -2.10. The van der Waals surface area contributed by atoms with Gasteiger partial charge in [-0.25, -0.2) is 9.97 Å². The van der Waals surface area contributed by atoms with Crippen molar-refractivity contribution in [2.24, 2.45) is 0 Å². The molecule has 0 bridgehead atoms. The second-order valence-electron chi connectivity index (χ2n) is 4.30. The van der Waals surface area contributed by atoms with E-state index < -0.39 is 0 Å². The highest BCUT2D eigenvalue weighted by atomic mass is 79.9. The summed E-state index contributed by atoms with van der Waals surface area (Å²) in [7, 11) is 1.64. The maximum atomic E-state index is 6.07. The van der Waals surface area contributed by atoms with Crippen molar-refractivity contribution in [2.75, 3.05) is 7.11 Å². The first-order chi connectivity index (χ1) is 10.1. The maximum absolute atomic E-state index is 6.07. The van der Waals surface area contributed by atoms with Crippen molar-refractivity contribution in [3.63, 3.8) is 0 Å². The lowest BCUT2D eigenvalue weighted by atomic mass is 10.0. The van der Waals surface area contributed by atoms with Crippen molar-refractivity contribution in [3.05, 3.63) is 51.2 Å². The predicted molar refractivity (Wildman–Crippen MR) is 89.2 cm³/mol. The molecule has 1 heterocycles. The molecule has 3 aromatic rings. The van der Waals surface area contributed by atoms with Crippen LogP contribution >= 0.6 is 39.1 Å². The van der Waals surface area contributed by atoms with Crippen LogP contribution in [0.4, 0.5) is 0 Å². The second-order valence-corrected chi connectivity index (χ2v) is 5.81. The molecule has 0 aliphatic heterocycles. The number of benzene rings is 2. The van der Waals surface area contributed by atoms with Crippen molar-refractivity contribution in [2.45, 2.75) is 0 Å². The van der Waals surface area contributed by atoms with E-state index in [2.05, 4.69) is 25.9 Å². The van der Waals surface area contributed by atoms with Gasteiger partial charge in [0.15, 0.2) is 5.82 Å². The minimum Gasteiger partial charge on any atom is -0.496 e. The SMILES string of the molecule is COc1ccc(-c2nc(Cl)c(Br)c(Cl)n2)c2ccccc12. The van der Waals surface area contributed by atoms with Crippen molar-refractivity contribution < 1.29 is 4.74 Å². The molecule has 106 valence electrons. The smallest absolute Gasteiger partial charge is 0.163 e. The van der Waals surface area contributed by atoms with Crippen LogP contribution < -0.4 is 4.74 Å². The molecular weight excluding hydrogens is 375 g/mol. The summed E-state index contributed by atoms with van der Waals surface area (Å²) in [6.07, 6.45) is 0. The summed E-state index contributed by atoms with van der Waals surface area (Å²) < 4.78 is 5.88. The highest BCUT2D eigenvalue weighted by Gasteiger charge is 2.14. The molecule has 0 saturated carbocycles. The summed E-state index contributed by atoms with van der Waals surface area (Å²) in [5, 5.41) is 2.53. The van der Waals surface area contributed by atoms with Crippen molar-refractivity contribution in [1.29, 1.82) is 0 Å². The van der Waals surface area contributed by atoms with Gasteiger partial charge >= 0.3 is 0 Å². The number of aromatic nitrogens is 2. The Kier molecular flexibility index (Phi) is 4.02. The Morgan fingerprint density at radius 1 is 0.952 bits per heavy atom. The van der Waals surface area contributed by atoms with E-state index in [9.17, 15) is 0 Å². The Balaban J connectivity index is 2.31. The third kappa shape index (κ3) is 2.59. The number of nitrogens with zero attached hydrogens (tertiary/aromatic N) is 2. The van der Waals surface area contributed by atoms with E-state index in [1.54, 1.807) is 7.11 Å². The van der Waals surface area contributed by atoms with E-state index in [4.69, 9.17) is 27.9 Å². The summed E-state index contributed by atoms with van der Waals surface area (Å²) in [5.41, 5.74) is 0.850. The standard InChI is InChI=1S/C15H9BrCl2N2O/c1-21-11-7-6-10(8-4-2-3-5-9(8)11)15-19-13(17)12(16)14(18)20-15/h2-7H,1H3. The van der Waals surface area contributed by atoms with Crippen LogP contribution in [-0.2, 0) is 0 Å². The second kappa shape index (κ2) is 5.79. The molecule has 3 rings (SSSR count). The van der Waals surface area contributed by atoms with Gasteiger partial charge in [0.25, 0.3) is 0 Å². The summed E-state index contributed by atoms with van der Waals surface area (Å²) >= 11 is 15.4. The molecule has 0 radical (unpaired) electrons. The largest absolute Gasteiger partial charge is 0.496 e. The average Bonchev–Trinajstić information content (AvgIpc) is 2.51. The topological polar surface area (TPSA) is 35.0 Å². The first kappa shape index (κ1) is 14.6. The van der Waals surface area contributed by atoms with Crippen molar-refractivity contribution in [3.8, 4) is 17.1 Å². The number of methoxy groups -OCH3 is 1. The molecule has 3 nitrogen and oxygen atoms in total. The lowest BCUT2D eigenvalue weighted by molar-refractivity contribution is 0.420. The van der Waals surface area contributed by atoms with Crippen LogP contribution in [0.2, 0.25) is 10.3 Å². The summed E-state index contributed by atoms with van der Waals surface area (Å²) in [4.78, 5) is 8.58. The van der Waals surface area contributed by atoms with E-state index in [1.807, 2.05) is 36.4 Å². The normalized spacial score (nSPS) is 10.9. The molecule has 0 aliphatic carbocycles. The molecular formula is C15H9BrCl2N2O. The number of hydrogen-bond acceptors (Lipinski definition) is 3. The van der Waals surface area contributed by atoms with Gasteiger partial charge in [-0.2, -0.15) is 0 Å². The molecule has 0 atom stereocenters. The van der Waals surface area contributed by atoms with Crippen LogP contribution in [0.25, 0.3) is 22.2 Å². The van der Waals surface area contributed by atoms with Gasteiger partial charge in [0.1, 0.15) is 16.1 Å². The lowest BCUT2D eigenvalue weighted by Crippen LogP contribution is -1.94. The molecule has 0 amide bonds. The monoisotopic (exact) mass is 382 g/mol. The zero-order chi connectivity index (χ0) is 15.0. The zero-order valence-electron chi connectivity index (χ0n) is 10.9. The third-order valence-corrected chi connectivity index (χ3v) is 4.87. The number of halogens is 3. The summed E-state index contributed by atoms with van der Waals surface area (Å²) in [6, 6.07) is 11.7. The van der Waals surface area contributed by atoms with Crippen LogP contribution in [0, 0.1) is 0 Å². The molecule has 0 N–H and O–H groups in total. The van der Waals surface area contributed by atoms with Crippen LogP contribution in [0.15, 0.2) is 40.9 Å². The van der Waals surface area contributed by atoms with Crippen LogP contribution in [-0.4, -0.2) is 17.1 Å². The number of hydrogen-bond donors (Lipinski definition) is 0. The molecule has 0 spiro atoms. The number of fused-ring (bicyclic) bond motifs is 1. The van der Waals surface area contributed by atoms with E-state index in [0.29, 0.717) is 10.3 Å². The molecule has 0 unspecified atom stereocenters. The Labute approximate surface area is 140 Å². The van der Waals surface area contributed by atoms with Gasteiger partial charge in [0.05, 0.1) is 11.6 Å². The van der Waals surface area contributed by atoms with Crippen molar-refractivity contribution >= 4 is 49.9 Å². The summed E-state index contributed by atoms with van der Waals surface area (Å²) in [5.74, 6) is 1.27. The van der Waals surface area contributed by atoms with E-state index in [-0.39, 0.29) is 10.3 Å². The van der Waals surface area contributed by atoms with E-state index in [1.165, 1.54) is 0 Å². The minimum atomic E-state index is 0.282. The Bertz CT molecular complexity index is 816. The van der Waals surface area contributed by atoms with E-state index >= 15 is 0 Å². The highest BCUT2D eigenvalue weighted by Crippen LogP contribution is 2.35. The van der Waals surface area contributed by atoms with Crippen LogP contribution in [0.3, 0.4) is 0 Å². The van der Waals surface area contributed by atoms with Crippen molar-refractivity contribution in [1.82, 2.24) is 9.97 Å². The minimum absolute atomic E-state index is 0.282. The van der Waals surface area contributed by atoms with E-state index in [0.717, 1.165) is 22.1 Å². The van der Waals surface area contributed by atoms with Crippen LogP contribution in [0.1, 0.15) is 0 Å². The molecule has 2 aromatic carbocycles. The number of ether oxygens (including phenoxy) is 1. The van der Waals surface area contributed by atoms with Crippen LogP contribution in [0.5, 0.6) is 5.75 Å². The maximum Gasteiger partial charge on any atom is 0.163 e. The molecule has 1 aromatic heterocycles. The Morgan fingerprint density at radius 2 is 1.57 bits per heavy atom. The van der Waals surface area contributed by atoms with Gasteiger partial charge in [-0.15, -0.1) is 0 Å². The molecule has 6 heteroatoms. The Morgan fingerprint density at radius 3 is 2.19 bits per heavy atom. The predicted octanol–water partition coefficient (Wildman–Crippen LogP) is 5.37. The molecule has 0 fully saturated rings. The molecule has 0 saturated heterocycles. The first-order valence-electron chi connectivity index (χ1n) is 6.06. The van der Waals surface area contributed by atoms with Gasteiger partial charge in [0, 0.05) is 10.9 Å². The molecule has 0 aliphatic rings. The quantitative estimate of drug-likeness (QED) is 0.557. The summed E-state index contributed by atoms with van der Waals surface area (Å²) in [6.45, 7) is 0. The van der Waals surface area contributed by atoms with Gasteiger partial charge < -0.3 is 4.74 Å².